The summed E-state index contributed by atoms with van der Waals surface area (Å²) in [5.41, 5.74) is 2.71. The van der Waals surface area contributed by atoms with Crippen molar-refractivity contribution in [1.82, 2.24) is 14.7 Å². The topological polar surface area (TPSA) is 46.4 Å². The van der Waals surface area contributed by atoms with E-state index in [1.807, 2.05) is 26.0 Å². The molecule has 2 aromatic heterocycles. The van der Waals surface area contributed by atoms with Gasteiger partial charge in [-0.25, -0.2) is 9.37 Å². The summed E-state index contributed by atoms with van der Waals surface area (Å²) in [4.78, 5) is 16.7. The molecule has 0 saturated carbocycles. The van der Waals surface area contributed by atoms with Gasteiger partial charge in [-0.15, -0.1) is 0 Å². The number of pyridine rings is 1. The monoisotopic (exact) mass is 311 g/mol. The summed E-state index contributed by atoms with van der Waals surface area (Å²) in [6.07, 6.45) is 1.71. The third-order valence-electron chi connectivity index (χ3n) is 3.90. The lowest BCUT2D eigenvalue weighted by Crippen LogP contribution is -2.23. The normalized spacial score (nSPS) is 12.5. The summed E-state index contributed by atoms with van der Waals surface area (Å²) in [6, 6.07) is 11.7. The van der Waals surface area contributed by atoms with Crippen LogP contribution in [0.5, 0.6) is 0 Å². The van der Waals surface area contributed by atoms with Crippen LogP contribution in [0.25, 0.3) is 5.65 Å². The third-order valence-corrected chi connectivity index (χ3v) is 3.90. The molecule has 118 valence electrons. The summed E-state index contributed by atoms with van der Waals surface area (Å²) in [7, 11) is 0. The van der Waals surface area contributed by atoms with Crippen molar-refractivity contribution >= 4 is 5.65 Å². The Hall–Kier alpha value is -2.53. The minimum absolute atomic E-state index is 0.117. The Labute approximate surface area is 133 Å². The maximum Gasteiger partial charge on any atom is 0.258 e. The van der Waals surface area contributed by atoms with E-state index in [9.17, 15) is 9.18 Å². The molecule has 0 saturated heterocycles. The van der Waals surface area contributed by atoms with Crippen LogP contribution in [0.4, 0.5) is 4.39 Å². The van der Waals surface area contributed by atoms with Crippen LogP contribution in [-0.4, -0.2) is 9.38 Å². The molecule has 0 spiro atoms. The molecule has 3 aromatic rings. The van der Waals surface area contributed by atoms with E-state index in [2.05, 4.69) is 10.3 Å². The lowest BCUT2D eigenvalue weighted by atomic mass is 10.1. The smallest absolute Gasteiger partial charge is 0.258 e. The largest absolute Gasteiger partial charge is 0.304 e. The highest BCUT2D eigenvalue weighted by molar-refractivity contribution is 5.46. The van der Waals surface area contributed by atoms with Gasteiger partial charge < -0.3 is 5.32 Å². The van der Waals surface area contributed by atoms with Crippen molar-refractivity contribution in [2.45, 2.75) is 26.4 Å². The lowest BCUT2D eigenvalue weighted by Gasteiger charge is -2.15. The summed E-state index contributed by atoms with van der Waals surface area (Å²) in [5, 5.41) is 3.22. The van der Waals surface area contributed by atoms with Crippen molar-refractivity contribution < 1.29 is 4.39 Å². The number of benzene rings is 1. The number of aryl methyl sites for hydroxylation is 1. The maximum atomic E-state index is 13.8. The molecule has 1 N–H and O–H groups in total. The Balaban J connectivity index is 1.84. The van der Waals surface area contributed by atoms with E-state index in [0.29, 0.717) is 23.4 Å². The molecule has 0 radical (unpaired) electrons. The van der Waals surface area contributed by atoms with Crippen LogP contribution in [0.2, 0.25) is 0 Å². The average Bonchev–Trinajstić information content (AvgIpc) is 2.54. The maximum absolute atomic E-state index is 13.8. The van der Waals surface area contributed by atoms with Crippen LogP contribution in [0.15, 0.2) is 53.5 Å². The van der Waals surface area contributed by atoms with Crippen LogP contribution in [0, 0.1) is 12.7 Å². The Morgan fingerprint density at radius 2 is 2.04 bits per heavy atom. The standard InChI is InChI=1S/C18H18FN3O/c1-12-6-5-9-22-17(23)10-14(21-18(12)22)11-20-13(2)15-7-3-4-8-16(15)19/h3-10,13,20H,11H2,1-2H3/t13-/m1/s1. The van der Waals surface area contributed by atoms with Crippen molar-refractivity contribution in [2.75, 3.05) is 0 Å². The van der Waals surface area contributed by atoms with E-state index in [1.165, 1.54) is 16.5 Å². The molecule has 0 fully saturated rings. The van der Waals surface area contributed by atoms with E-state index in [0.717, 1.165) is 5.56 Å². The van der Waals surface area contributed by atoms with Gasteiger partial charge in [0.2, 0.25) is 0 Å². The molecule has 5 heteroatoms. The Bertz CT molecular complexity index is 904. The second-order valence-corrected chi connectivity index (χ2v) is 5.59. The van der Waals surface area contributed by atoms with Gasteiger partial charge in [-0.1, -0.05) is 24.3 Å². The minimum Gasteiger partial charge on any atom is -0.304 e. The fraction of sp³-hybridized carbons (Fsp3) is 0.222. The predicted molar refractivity (Wildman–Crippen MR) is 87.9 cm³/mol. The lowest BCUT2D eigenvalue weighted by molar-refractivity contribution is 0.524. The molecule has 0 bridgehead atoms. The summed E-state index contributed by atoms with van der Waals surface area (Å²) >= 11 is 0. The van der Waals surface area contributed by atoms with Crippen molar-refractivity contribution in [1.29, 1.82) is 0 Å². The molecule has 3 rings (SSSR count). The molecule has 0 aliphatic carbocycles. The molecule has 1 aromatic carbocycles. The predicted octanol–water partition coefficient (Wildman–Crippen LogP) is 2.99. The first kappa shape index (κ1) is 15.4. The van der Waals surface area contributed by atoms with Crippen LogP contribution in [-0.2, 0) is 6.54 Å². The van der Waals surface area contributed by atoms with Crippen molar-refractivity contribution in [2.24, 2.45) is 0 Å². The van der Waals surface area contributed by atoms with E-state index < -0.39 is 0 Å². The first-order valence-electron chi connectivity index (χ1n) is 7.52. The van der Waals surface area contributed by atoms with Gasteiger partial charge in [-0.3, -0.25) is 9.20 Å². The second kappa shape index (κ2) is 6.30. The quantitative estimate of drug-likeness (QED) is 0.806. The summed E-state index contributed by atoms with van der Waals surface area (Å²) in [6.45, 7) is 4.20. The highest BCUT2D eigenvalue weighted by atomic mass is 19.1. The molecule has 2 heterocycles. The zero-order valence-electron chi connectivity index (χ0n) is 13.1. The molecule has 0 aliphatic rings. The van der Waals surface area contributed by atoms with Crippen LogP contribution >= 0.6 is 0 Å². The first-order chi connectivity index (χ1) is 11.1. The number of nitrogens with zero attached hydrogens (tertiary/aromatic N) is 2. The SMILES string of the molecule is Cc1cccn2c(=O)cc(CN[C@H](C)c3ccccc3F)nc12. The molecule has 23 heavy (non-hydrogen) atoms. The Morgan fingerprint density at radius 1 is 1.26 bits per heavy atom. The number of aromatic nitrogens is 2. The third kappa shape index (κ3) is 3.14. The van der Waals surface area contributed by atoms with Crippen molar-refractivity contribution in [3.63, 3.8) is 0 Å². The van der Waals surface area contributed by atoms with Gasteiger partial charge in [0.1, 0.15) is 11.5 Å². The number of fused-ring (bicyclic) bond motifs is 1. The summed E-state index contributed by atoms with van der Waals surface area (Å²) in [5.74, 6) is -0.241. The molecular weight excluding hydrogens is 293 g/mol. The zero-order valence-corrected chi connectivity index (χ0v) is 13.1. The highest BCUT2D eigenvalue weighted by Crippen LogP contribution is 2.16. The van der Waals surface area contributed by atoms with Gasteiger partial charge >= 0.3 is 0 Å². The van der Waals surface area contributed by atoms with Gasteiger partial charge in [-0.05, 0) is 31.5 Å². The number of nitrogens with one attached hydrogen (secondary N) is 1. The average molecular weight is 311 g/mol. The van der Waals surface area contributed by atoms with Crippen LogP contribution < -0.4 is 10.9 Å². The van der Waals surface area contributed by atoms with E-state index in [-0.39, 0.29) is 17.4 Å². The molecule has 4 nitrogen and oxygen atoms in total. The van der Waals surface area contributed by atoms with Gasteiger partial charge in [0.05, 0.1) is 5.69 Å². The van der Waals surface area contributed by atoms with Gasteiger partial charge in [0.25, 0.3) is 5.56 Å². The van der Waals surface area contributed by atoms with Gasteiger partial charge in [0.15, 0.2) is 0 Å². The molecule has 0 aliphatic heterocycles. The van der Waals surface area contributed by atoms with E-state index >= 15 is 0 Å². The molecule has 0 amide bonds. The Kier molecular flexibility index (Phi) is 4.21. The fourth-order valence-electron chi connectivity index (χ4n) is 2.59. The summed E-state index contributed by atoms with van der Waals surface area (Å²) < 4.78 is 15.3. The van der Waals surface area contributed by atoms with E-state index in [1.54, 1.807) is 24.4 Å². The first-order valence-corrected chi connectivity index (χ1v) is 7.52. The number of hydrogen-bond acceptors (Lipinski definition) is 3. The molecular formula is C18H18FN3O. The highest BCUT2D eigenvalue weighted by Gasteiger charge is 2.11. The second-order valence-electron chi connectivity index (χ2n) is 5.59. The molecule has 1 atom stereocenters. The van der Waals surface area contributed by atoms with Crippen LogP contribution in [0.3, 0.4) is 0 Å². The van der Waals surface area contributed by atoms with Crippen molar-refractivity contribution in [3.8, 4) is 0 Å². The van der Waals surface area contributed by atoms with Gasteiger partial charge in [0, 0.05) is 30.4 Å². The number of halogens is 1. The number of rotatable bonds is 4. The van der Waals surface area contributed by atoms with E-state index in [4.69, 9.17) is 0 Å². The Morgan fingerprint density at radius 3 is 2.83 bits per heavy atom. The van der Waals surface area contributed by atoms with Crippen LogP contribution in [0.1, 0.15) is 29.8 Å². The van der Waals surface area contributed by atoms with Gasteiger partial charge in [-0.2, -0.15) is 0 Å². The van der Waals surface area contributed by atoms with Crippen molar-refractivity contribution in [3.05, 3.63) is 81.7 Å². The zero-order chi connectivity index (χ0) is 16.4. The minimum atomic E-state index is -0.241. The molecule has 0 unspecified atom stereocenters. The number of hydrogen-bond donors (Lipinski definition) is 1. The fourth-order valence-corrected chi connectivity index (χ4v) is 2.59.